The summed E-state index contributed by atoms with van der Waals surface area (Å²) in [5.41, 5.74) is 0. The second-order valence-corrected chi connectivity index (χ2v) is 10.7. The summed E-state index contributed by atoms with van der Waals surface area (Å²) in [7, 11) is 0. The van der Waals surface area contributed by atoms with Gasteiger partial charge in [-0.25, -0.2) is 0 Å². The van der Waals surface area contributed by atoms with Crippen molar-refractivity contribution in [1.29, 1.82) is 0 Å². The van der Waals surface area contributed by atoms with E-state index in [1.54, 1.807) is 0 Å². The molecular formula is C36H62O4Zn. The standard InChI is InChI=1S/2C18H32O2.Zn/c2*1-2-3-4-5-6-7-8-9-10-11-12-13-14-15-16-17-18(19)20;/h2*6-7,9-10H,2-5,8,11-17H2,1H3,(H,19,20);/q;;+2/p-2. The molecule has 0 heterocycles. The van der Waals surface area contributed by atoms with Crippen LogP contribution in [0.2, 0.25) is 0 Å². The van der Waals surface area contributed by atoms with Crippen LogP contribution in [0.1, 0.15) is 168 Å². The molecule has 0 aliphatic rings. The molecule has 0 aromatic carbocycles. The van der Waals surface area contributed by atoms with Gasteiger partial charge in [-0.3, -0.25) is 0 Å². The minimum atomic E-state index is -0.921. The van der Waals surface area contributed by atoms with Gasteiger partial charge in [0.1, 0.15) is 0 Å². The van der Waals surface area contributed by atoms with E-state index < -0.39 is 11.9 Å². The SMILES string of the molecule is CCCCCC=CCC=CCCCCCCCC(=O)[O-].CCCCCC=CCC=CCCCCCCCC(=O)[O-].[Zn+2]. The number of allylic oxidation sites excluding steroid dienone is 8. The third kappa shape index (κ3) is 48.6. The number of hydrogen-bond donors (Lipinski definition) is 0. The fraction of sp³-hybridized carbons (Fsp3) is 0.722. The Morgan fingerprint density at radius 3 is 0.976 bits per heavy atom. The Kier molecular flexibility index (Phi) is 43.6. The Bertz CT molecular complexity index is 596. The van der Waals surface area contributed by atoms with Crippen molar-refractivity contribution in [3.8, 4) is 0 Å². The molecule has 0 fully saturated rings. The minimum absolute atomic E-state index is 0. The molecule has 0 atom stereocenters. The zero-order valence-corrected chi connectivity index (χ0v) is 29.9. The first-order chi connectivity index (χ1) is 19.5. The van der Waals surface area contributed by atoms with Gasteiger partial charge >= 0.3 is 19.5 Å². The van der Waals surface area contributed by atoms with Crippen molar-refractivity contribution in [1.82, 2.24) is 0 Å². The van der Waals surface area contributed by atoms with Gasteiger partial charge in [0, 0.05) is 11.9 Å². The average molecular weight is 624 g/mol. The molecule has 0 N–H and O–H groups in total. The van der Waals surface area contributed by atoms with E-state index in [-0.39, 0.29) is 32.3 Å². The maximum atomic E-state index is 10.2. The number of unbranched alkanes of at least 4 members (excludes halogenated alkanes) is 16. The predicted molar refractivity (Wildman–Crippen MR) is 169 cm³/mol. The Balaban J connectivity index is -0.000000688. The van der Waals surface area contributed by atoms with Crippen molar-refractivity contribution in [2.24, 2.45) is 0 Å². The third-order valence-electron chi connectivity index (χ3n) is 6.66. The second kappa shape index (κ2) is 40.7. The summed E-state index contributed by atoms with van der Waals surface area (Å²) in [6.45, 7) is 4.46. The number of carbonyl (C=O) groups is 2. The molecule has 0 saturated heterocycles. The number of carboxylic acid groups (broad SMARTS) is 2. The smallest absolute Gasteiger partial charge is 0.550 e. The average Bonchev–Trinajstić information content (AvgIpc) is 2.93. The summed E-state index contributed by atoms with van der Waals surface area (Å²) in [4.78, 5) is 20.4. The van der Waals surface area contributed by atoms with Crippen LogP contribution in [-0.2, 0) is 29.1 Å². The van der Waals surface area contributed by atoms with Crippen LogP contribution >= 0.6 is 0 Å². The summed E-state index contributed by atoms with van der Waals surface area (Å²) in [6, 6.07) is 0. The van der Waals surface area contributed by atoms with Gasteiger partial charge < -0.3 is 19.8 Å². The van der Waals surface area contributed by atoms with E-state index >= 15 is 0 Å². The van der Waals surface area contributed by atoms with Crippen molar-refractivity contribution in [3.05, 3.63) is 48.6 Å². The van der Waals surface area contributed by atoms with Crippen LogP contribution in [0, 0.1) is 0 Å². The van der Waals surface area contributed by atoms with Gasteiger partial charge in [-0.1, -0.05) is 127 Å². The van der Waals surface area contributed by atoms with E-state index in [1.165, 1.54) is 77.0 Å². The summed E-state index contributed by atoms with van der Waals surface area (Å²) < 4.78 is 0. The zero-order chi connectivity index (χ0) is 29.8. The number of hydrogen-bond acceptors (Lipinski definition) is 4. The molecule has 0 radical (unpaired) electrons. The molecule has 5 heteroatoms. The first kappa shape index (κ1) is 44.0. The summed E-state index contributed by atoms with van der Waals surface area (Å²) in [6.07, 6.45) is 43.9. The van der Waals surface area contributed by atoms with Crippen LogP contribution in [0.3, 0.4) is 0 Å². The molecule has 0 aliphatic heterocycles. The van der Waals surface area contributed by atoms with Crippen LogP contribution in [0.4, 0.5) is 0 Å². The number of aliphatic carboxylic acids is 2. The molecule has 41 heavy (non-hydrogen) atoms. The van der Waals surface area contributed by atoms with Crippen molar-refractivity contribution >= 4 is 11.9 Å². The van der Waals surface area contributed by atoms with Gasteiger partial charge in [0.15, 0.2) is 0 Å². The molecule has 0 saturated carbocycles. The van der Waals surface area contributed by atoms with E-state index in [0.717, 1.165) is 64.2 Å². The topological polar surface area (TPSA) is 80.3 Å². The van der Waals surface area contributed by atoms with Gasteiger partial charge in [0.25, 0.3) is 0 Å². The van der Waals surface area contributed by atoms with Gasteiger partial charge in [-0.15, -0.1) is 0 Å². The van der Waals surface area contributed by atoms with Crippen molar-refractivity contribution in [3.63, 3.8) is 0 Å². The predicted octanol–water partition coefficient (Wildman–Crippen LogP) is 9.10. The normalized spacial score (nSPS) is 11.4. The Morgan fingerprint density at radius 1 is 0.415 bits per heavy atom. The van der Waals surface area contributed by atoms with Crippen LogP contribution in [0.15, 0.2) is 48.6 Å². The van der Waals surface area contributed by atoms with Crippen LogP contribution in [-0.4, -0.2) is 11.9 Å². The van der Waals surface area contributed by atoms with Crippen LogP contribution < -0.4 is 10.2 Å². The number of carbonyl (C=O) groups excluding carboxylic acids is 2. The molecular weight excluding hydrogens is 562 g/mol. The van der Waals surface area contributed by atoms with E-state index in [2.05, 4.69) is 62.5 Å². The molecule has 232 valence electrons. The van der Waals surface area contributed by atoms with E-state index in [4.69, 9.17) is 0 Å². The minimum Gasteiger partial charge on any atom is -0.550 e. The fourth-order valence-electron chi connectivity index (χ4n) is 4.16. The van der Waals surface area contributed by atoms with Crippen LogP contribution in [0.5, 0.6) is 0 Å². The number of rotatable bonds is 28. The Labute approximate surface area is 267 Å². The monoisotopic (exact) mass is 622 g/mol. The summed E-state index contributed by atoms with van der Waals surface area (Å²) >= 11 is 0. The molecule has 0 rings (SSSR count). The summed E-state index contributed by atoms with van der Waals surface area (Å²) in [5.74, 6) is -1.84. The van der Waals surface area contributed by atoms with Crippen LogP contribution in [0.25, 0.3) is 0 Å². The first-order valence-electron chi connectivity index (χ1n) is 16.5. The van der Waals surface area contributed by atoms with Gasteiger partial charge in [-0.2, -0.15) is 0 Å². The van der Waals surface area contributed by atoms with E-state index in [1.807, 2.05) is 0 Å². The van der Waals surface area contributed by atoms with Gasteiger partial charge in [-0.05, 0) is 89.9 Å². The molecule has 0 spiro atoms. The molecule has 0 aromatic rings. The van der Waals surface area contributed by atoms with Gasteiger partial charge in [0.05, 0.1) is 0 Å². The molecule has 0 aromatic heterocycles. The Morgan fingerprint density at radius 2 is 0.683 bits per heavy atom. The maximum Gasteiger partial charge on any atom is 2.00 e. The van der Waals surface area contributed by atoms with Crippen molar-refractivity contribution in [2.45, 2.75) is 168 Å². The van der Waals surface area contributed by atoms with Gasteiger partial charge in [0.2, 0.25) is 0 Å². The number of carboxylic acids is 2. The zero-order valence-electron chi connectivity index (χ0n) is 26.9. The molecule has 4 nitrogen and oxygen atoms in total. The third-order valence-corrected chi connectivity index (χ3v) is 6.66. The van der Waals surface area contributed by atoms with E-state index in [0.29, 0.717) is 0 Å². The first-order valence-corrected chi connectivity index (χ1v) is 16.5. The quantitative estimate of drug-likeness (QED) is 0.0494. The maximum absolute atomic E-state index is 10.2. The molecule has 0 aliphatic carbocycles. The van der Waals surface area contributed by atoms with E-state index in [9.17, 15) is 19.8 Å². The summed E-state index contributed by atoms with van der Waals surface area (Å²) in [5, 5.41) is 20.4. The second-order valence-electron chi connectivity index (χ2n) is 10.7. The largest absolute Gasteiger partial charge is 2.00 e. The van der Waals surface area contributed by atoms with Crippen molar-refractivity contribution in [2.75, 3.05) is 0 Å². The molecule has 0 bridgehead atoms. The fourth-order valence-corrected chi connectivity index (χ4v) is 4.16. The Hall–Kier alpha value is -1.48. The molecule has 0 unspecified atom stereocenters. The van der Waals surface area contributed by atoms with Crippen molar-refractivity contribution < 1.29 is 39.3 Å². The molecule has 0 amide bonds.